The highest BCUT2D eigenvalue weighted by Crippen LogP contribution is 2.38. The molecular weight excluding hydrogens is 222 g/mol. The molecule has 1 aliphatic rings. The van der Waals surface area contributed by atoms with E-state index in [1.807, 2.05) is 11.3 Å². The maximum absolute atomic E-state index is 3.66. The van der Waals surface area contributed by atoms with Crippen LogP contribution in [0.15, 0.2) is 11.4 Å². The van der Waals surface area contributed by atoms with Gasteiger partial charge in [-0.25, -0.2) is 0 Å². The second-order valence-corrected chi connectivity index (χ2v) is 6.35. The summed E-state index contributed by atoms with van der Waals surface area (Å²) in [6.07, 6.45) is 2.77. The van der Waals surface area contributed by atoms with Gasteiger partial charge in [-0.15, -0.1) is 11.3 Å². The Balaban J connectivity index is 2.15. The van der Waals surface area contributed by atoms with Crippen molar-refractivity contribution in [2.24, 2.45) is 0 Å². The van der Waals surface area contributed by atoms with Crippen LogP contribution in [0, 0.1) is 6.92 Å². The van der Waals surface area contributed by atoms with Crippen LogP contribution in [-0.2, 0) is 0 Å². The Morgan fingerprint density at radius 1 is 1.60 bits per heavy atom. The Morgan fingerprint density at radius 3 is 3.00 bits per heavy atom. The van der Waals surface area contributed by atoms with Gasteiger partial charge in [0.25, 0.3) is 0 Å². The lowest BCUT2D eigenvalue weighted by atomic mass is 10.1. The van der Waals surface area contributed by atoms with Crippen LogP contribution in [-0.4, -0.2) is 17.5 Å². The van der Waals surface area contributed by atoms with Crippen LogP contribution in [0.25, 0.3) is 0 Å². The molecule has 2 unspecified atom stereocenters. The van der Waals surface area contributed by atoms with Gasteiger partial charge in [-0.2, -0.15) is 11.8 Å². The van der Waals surface area contributed by atoms with Gasteiger partial charge < -0.3 is 5.32 Å². The summed E-state index contributed by atoms with van der Waals surface area (Å²) in [6, 6.07) is 2.83. The van der Waals surface area contributed by atoms with E-state index in [4.69, 9.17) is 0 Å². The van der Waals surface area contributed by atoms with Crippen molar-refractivity contribution in [2.75, 3.05) is 12.3 Å². The maximum Gasteiger partial charge on any atom is 0.0537 e. The molecule has 1 aromatic heterocycles. The number of thioether (sulfide) groups is 1. The second-order valence-electron chi connectivity index (χ2n) is 4.05. The third-order valence-corrected chi connectivity index (χ3v) is 5.51. The number of rotatable bonds is 4. The van der Waals surface area contributed by atoms with E-state index >= 15 is 0 Å². The Morgan fingerprint density at radius 2 is 2.47 bits per heavy atom. The molecule has 0 radical (unpaired) electrons. The zero-order chi connectivity index (χ0) is 10.7. The van der Waals surface area contributed by atoms with Gasteiger partial charge in [-0.1, -0.05) is 6.92 Å². The molecule has 0 saturated carbocycles. The van der Waals surface area contributed by atoms with Gasteiger partial charge in [-0.05, 0) is 49.1 Å². The normalized spacial score (nSPS) is 23.2. The molecule has 1 saturated heterocycles. The van der Waals surface area contributed by atoms with E-state index < -0.39 is 0 Å². The summed E-state index contributed by atoms with van der Waals surface area (Å²) >= 11 is 4.05. The van der Waals surface area contributed by atoms with Crippen LogP contribution in [0.3, 0.4) is 0 Å². The number of hydrogen-bond donors (Lipinski definition) is 1. The van der Waals surface area contributed by atoms with Crippen molar-refractivity contribution in [1.82, 2.24) is 5.32 Å². The summed E-state index contributed by atoms with van der Waals surface area (Å²) in [4.78, 5) is 1.55. The van der Waals surface area contributed by atoms with E-state index in [9.17, 15) is 0 Å². The molecule has 0 aromatic carbocycles. The van der Waals surface area contributed by atoms with E-state index in [1.165, 1.54) is 24.2 Å². The fourth-order valence-corrected chi connectivity index (χ4v) is 4.73. The predicted molar refractivity (Wildman–Crippen MR) is 71.0 cm³/mol. The molecule has 1 nitrogen and oxygen atoms in total. The summed E-state index contributed by atoms with van der Waals surface area (Å²) in [7, 11) is 0. The smallest absolute Gasteiger partial charge is 0.0537 e. The second kappa shape index (κ2) is 5.37. The highest BCUT2D eigenvalue weighted by atomic mass is 32.2. The Kier molecular flexibility index (Phi) is 4.12. The highest BCUT2D eigenvalue weighted by molar-refractivity contribution is 8.00. The van der Waals surface area contributed by atoms with E-state index in [-0.39, 0.29) is 0 Å². The average molecular weight is 241 g/mol. The predicted octanol–water partition coefficient (Wildman–Crippen LogP) is 3.60. The van der Waals surface area contributed by atoms with Crippen LogP contribution < -0.4 is 5.32 Å². The number of hydrogen-bond acceptors (Lipinski definition) is 3. The zero-order valence-corrected chi connectivity index (χ0v) is 11.1. The fourth-order valence-electron chi connectivity index (χ4n) is 2.18. The molecule has 1 fully saturated rings. The van der Waals surface area contributed by atoms with E-state index in [1.54, 1.807) is 4.88 Å². The molecule has 2 heterocycles. The largest absolute Gasteiger partial charge is 0.309 e. The fraction of sp³-hybridized carbons (Fsp3) is 0.667. The minimum atomic E-state index is 0.586. The third kappa shape index (κ3) is 2.58. The monoisotopic (exact) mass is 241 g/mol. The SMILES string of the molecule is CCNC(c1sccc1C)C1CCCS1. The van der Waals surface area contributed by atoms with Crippen molar-refractivity contribution in [1.29, 1.82) is 0 Å². The first-order valence-corrected chi connectivity index (χ1v) is 7.64. The zero-order valence-electron chi connectivity index (χ0n) is 9.45. The molecule has 2 rings (SSSR count). The Bertz CT molecular complexity index is 302. The molecule has 0 bridgehead atoms. The standard InChI is InChI=1S/C12H19NS2/c1-3-13-11(10-5-4-7-14-10)12-9(2)6-8-15-12/h6,8,10-11,13H,3-5,7H2,1-2H3. The molecule has 2 atom stereocenters. The number of nitrogens with one attached hydrogen (secondary N) is 1. The van der Waals surface area contributed by atoms with Gasteiger partial charge in [0.05, 0.1) is 6.04 Å². The van der Waals surface area contributed by atoms with Crippen molar-refractivity contribution >= 4 is 23.1 Å². The van der Waals surface area contributed by atoms with Gasteiger partial charge in [0, 0.05) is 10.1 Å². The molecule has 0 amide bonds. The van der Waals surface area contributed by atoms with E-state index in [0.29, 0.717) is 6.04 Å². The lowest BCUT2D eigenvalue weighted by Gasteiger charge is -2.23. The summed E-state index contributed by atoms with van der Waals surface area (Å²) in [5.41, 5.74) is 1.46. The molecule has 3 heteroatoms. The van der Waals surface area contributed by atoms with Gasteiger partial charge in [0.15, 0.2) is 0 Å². The highest BCUT2D eigenvalue weighted by Gasteiger charge is 2.27. The first kappa shape index (κ1) is 11.5. The quantitative estimate of drug-likeness (QED) is 0.864. The summed E-state index contributed by atoms with van der Waals surface area (Å²) in [5.74, 6) is 1.34. The van der Waals surface area contributed by atoms with Crippen LogP contribution >= 0.6 is 23.1 Å². The molecule has 0 aliphatic carbocycles. The van der Waals surface area contributed by atoms with Crippen molar-refractivity contribution in [2.45, 2.75) is 38.0 Å². The van der Waals surface area contributed by atoms with Crippen LogP contribution in [0.2, 0.25) is 0 Å². The van der Waals surface area contributed by atoms with Crippen molar-refractivity contribution in [3.63, 3.8) is 0 Å². The lowest BCUT2D eigenvalue weighted by molar-refractivity contribution is 0.525. The summed E-state index contributed by atoms with van der Waals surface area (Å²) < 4.78 is 0. The minimum absolute atomic E-state index is 0.586. The Hall–Kier alpha value is 0.01000. The summed E-state index contributed by atoms with van der Waals surface area (Å²) in [6.45, 7) is 5.50. The van der Waals surface area contributed by atoms with E-state index in [2.05, 4.69) is 42.4 Å². The molecule has 1 N–H and O–H groups in total. The molecule has 15 heavy (non-hydrogen) atoms. The van der Waals surface area contributed by atoms with Crippen LogP contribution in [0.5, 0.6) is 0 Å². The van der Waals surface area contributed by atoms with Gasteiger partial charge >= 0.3 is 0 Å². The topological polar surface area (TPSA) is 12.0 Å². The maximum atomic E-state index is 3.66. The molecule has 84 valence electrons. The van der Waals surface area contributed by atoms with Crippen molar-refractivity contribution < 1.29 is 0 Å². The van der Waals surface area contributed by atoms with Gasteiger partial charge in [0.1, 0.15) is 0 Å². The number of thiophene rings is 1. The first-order valence-electron chi connectivity index (χ1n) is 5.72. The Labute approximate surface area is 101 Å². The third-order valence-electron chi connectivity index (χ3n) is 2.94. The average Bonchev–Trinajstić information content (AvgIpc) is 2.85. The number of aryl methyl sites for hydroxylation is 1. The van der Waals surface area contributed by atoms with Crippen molar-refractivity contribution in [3.8, 4) is 0 Å². The van der Waals surface area contributed by atoms with Crippen LogP contribution in [0.4, 0.5) is 0 Å². The van der Waals surface area contributed by atoms with E-state index in [0.717, 1.165) is 11.8 Å². The van der Waals surface area contributed by atoms with Gasteiger partial charge in [-0.3, -0.25) is 0 Å². The summed E-state index contributed by atoms with van der Waals surface area (Å²) in [5, 5.41) is 6.67. The van der Waals surface area contributed by atoms with Crippen molar-refractivity contribution in [3.05, 3.63) is 21.9 Å². The first-order chi connectivity index (χ1) is 7.33. The lowest BCUT2D eigenvalue weighted by Crippen LogP contribution is -2.28. The minimum Gasteiger partial charge on any atom is -0.309 e. The molecular formula is C12H19NS2. The molecule has 1 aromatic rings. The van der Waals surface area contributed by atoms with Crippen LogP contribution in [0.1, 0.15) is 36.2 Å². The molecule has 0 spiro atoms. The van der Waals surface area contributed by atoms with Gasteiger partial charge in [0.2, 0.25) is 0 Å². The molecule has 1 aliphatic heterocycles.